The summed E-state index contributed by atoms with van der Waals surface area (Å²) in [4.78, 5) is 40.7. The van der Waals surface area contributed by atoms with Crippen molar-refractivity contribution in [3.63, 3.8) is 0 Å². The molecule has 3 fully saturated rings. The standard InChI is InChI=1S/C33H43F3N2O3/c1-28(2)14-20-19(21(15-28)27(41)38-17-33(34,35)36)8-10-32(7)25(20)22(39)12-24-30(5)13-18(16-37)26(40)29(3,4)23(30)9-11-31(24,32)6/h12-13,19-21,23,25H,8-11,14-15,17H2,1-7H3,(H,38,41)/t19?,20?,21-,23+,25?,30+,31-,32-/m1/s1. The van der Waals surface area contributed by atoms with Crippen LogP contribution in [0.5, 0.6) is 0 Å². The quantitative estimate of drug-likeness (QED) is 0.397. The predicted octanol–water partition coefficient (Wildman–Crippen LogP) is 6.74. The van der Waals surface area contributed by atoms with E-state index in [0.29, 0.717) is 19.3 Å². The molecule has 1 N–H and O–H groups in total. The highest BCUT2D eigenvalue weighted by molar-refractivity contribution is 6.04. The minimum Gasteiger partial charge on any atom is -0.347 e. The third-order valence-electron chi connectivity index (χ3n) is 12.5. The summed E-state index contributed by atoms with van der Waals surface area (Å²) in [5.41, 5.74) is -1.29. The molecule has 5 nitrogen and oxygen atoms in total. The molecule has 5 aliphatic carbocycles. The maximum atomic E-state index is 14.3. The van der Waals surface area contributed by atoms with Crippen molar-refractivity contribution in [2.24, 2.45) is 56.7 Å². The van der Waals surface area contributed by atoms with Gasteiger partial charge in [-0.15, -0.1) is 0 Å². The molecule has 0 bridgehead atoms. The Hall–Kier alpha value is -2.43. The highest BCUT2D eigenvalue weighted by Gasteiger charge is 2.68. The molecular weight excluding hydrogens is 529 g/mol. The number of nitriles is 1. The lowest BCUT2D eigenvalue weighted by molar-refractivity contribution is -0.166. The van der Waals surface area contributed by atoms with E-state index in [1.165, 1.54) is 0 Å². The summed E-state index contributed by atoms with van der Waals surface area (Å²) in [6, 6.07) is 2.12. The van der Waals surface area contributed by atoms with Crippen LogP contribution in [0, 0.1) is 68.0 Å². The number of rotatable bonds is 2. The van der Waals surface area contributed by atoms with Crippen LogP contribution in [-0.4, -0.2) is 30.2 Å². The van der Waals surface area contributed by atoms with Gasteiger partial charge >= 0.3 is 6.18 Å². The minimum absolute atomic E-state index is 0.0188. The van der Waals surface area contributed by atoms with E-state index in [1.54, 1.807) is 6.08 Å². The Kier molecular flexibility index (Phi) is 6.62. The third-order valence-corrected chi connectivity index (χ3v) is 12.5. The van der Waals surface area contributed by atoms with Gasteiger partial charge in [-0.25, -0.2) is 0 Å². The molecule has 0 saturated heterocycles. The SMILES string of the molecule is CC1(C)CC2C(CC[C@]3(C)C2C(=O)C=C2[C@@]4(C)C=C(C#N)C(=O)C(C)(C)[C@@H]4CC[C@]23C)[C@H](C(=O)NCC(F)(F)F)C1. The molecule has 3 unspecified atom stereocenters. The average Bonchev–Trinajstić information content (AvgIpc) is 2.84. The number of alkyl halides is 3. The number of nitrogens with zero attached hydrogens (tertiary/aromatic N) is 1. The molecule has 0 aromatic rings. The molecule has 224 valence electrons. The van der Waals surface area contributed by atoms with Gasteiger partial charge in [-0.3, -0.25) is 14.4 Å². The number of amides is 1. The summed E-state index contributed by atoms with van der Waals surface area (Å²) in [5.74, 6) is -1.90. The van der Waals surface area contributed by atoms with Gasteiger partial charge in [-0.05, 0) is 78.6 Å². The number of carbonyl (C=O) groups is 3. The first-order valence-electron chi connectivity index (χ1n) is 15.0. The summed E-state index contributed by atoms with van der Waals surface area (Å²) in [6.07, 6.45) is 3.35. The zero-order chi connectivity index (χ0) is 30.6. The fourth-order valence-corrected chi connectivity index (χ4v) is 10.6. The second kappa shape index (κ2) is 9.04. The van der Waals surface area contributed by atoms with E-state index < -0.39 is 40.8 Å². The van der Waals surface area contributed by atoms with Gasteiger partial charge in [0.2, 0.25) is 5.91 Å². The number of Topliss-reactive ketones (excluding diaryl/α,β-unsaturated/α-hetero) is 1. The average molecular weight is 573 g/mol. The van der Waals surface area contributed by atoms with E-state index in [0.717, 1.165) is 24.8 Å². The number of nitrogens with one attached hydrogen (secondary N) is 1. The van der Waals surface area contributed by atoms with E-state index in [2.05, 4.69) is 46.0 Å². The van der Waals surface area contributed by atoms with Gasteiger partial charge in [0.15, 0.2) is 11.6 Å². The third kappa shape index (κ3) is 4.27. The summed E-state index contributed by atoms with van der Waals surface area (Å²) in [5, 5.41) is 12.0. The number of ketones is 2. The lowest BCUT2D eigenvalue weighted by Crippen LogP contribution is -2.64. The summed E-state index contributed by atoms with van der Waals surface area (Å²) < 4.78 is 38.9. The lowest BCUT2D eigenvalue weighted by Gasteiger charge is -2.68. The van der Waals surface area contributed by atoms with Crippen LogP contribution < -0.4 is 5.32 Å². The van der Waals surface area contributed by atoms with E-state index in [-0.39, 0.29) is 51.6 Å². The molecule has 8 heteroatoms. The Bertz CT molecular complexity index is 1300. The van der Waals surface area contributed by atoms with Crippen molar-refractivity contribution >= 4 is 17.5 Å². The molecule has 5 rings (SSSR count). The van der Waals surface area contributed by atoms with Crippen LogP contribution in [0.15, 0.2) is 23.3 Å². The van der Waals surface area contributed by atoms with Crippen molar-refractivity contribution in [2.75, 3.05) is 6.54 Å². The second-order valence-electron chi connectivity index (χ2n) is 15.7. The molecule has 5 aliphatic rings. The van der Waals surface area contributed by atoms with Gasteiger partial charge in [-0.2, -0.15) is 18.4 Å². The van der Waals surface area contributed by atoms with Crippen LogP contribution in [0.1, 0.15) is 87.0 Å². The Balaban J connectivity index is 1.58. The van der Waals surface area contributed by atoms with Gasteiger partial charge in [-0.1, -0.05) is 60.1 Å². The van der Waals surface area contributed by atoms with Gasteiger partial charge < -0.3 is 5.32 Å². The maximum Gasteiger partial charge on any atom is 0.405 e. The van der Waals surface area contributed by atoms with Crippen LogP contribution >= 0.6 is 0 Å². The molecule has 8 atom stereocenters. The molecule has 0 spiro atoms. The molecular formula is C33H43F3N2O3. The summed E-state index contributed by atoms with van der Waals surface area (Å²) >= 11 is 0. The van der Waals surface area contributed by atoms with Crippen molar-refractivity contribution in [3.05, 3.63) is 23.3 Å². The van der Waals surface area contributed by atoms with Gasteiger partial charge in [0.05, 0.1) is 5.57 Å². The van der Waals surface area contributed by atoms with Crippen molar-refractivity contribution < 1.29 is 27.6 Å². The van der Waals surface area contributed by atoms with Gasteiger partial charge in [0.1, 0.15) is 12.6 Å². The number of hydrogen-bond acceptors (Lipinski definition) is 4. The van der Waals surface area contributed by atoms with Crippen LogP contribution in [0.4, 0.5) is 13.2 Å². The van der Waals surface area contributed by atoms with Crippen molar-refractivity contribution in [3.8, 4) is 6.07 Å². The summed E-state index contributed by atoms with van der Waals surface area (Å²) in [7, 11) is 0. The fourth-order valence-electron chi connectivity index (χ4n) is 10.6. The monoisotopic (exact) mass is 572 g/mol. The number of carbonyl (C=O) groups excluding carboxylic acids is 3. The Morgan fingerprint density at radius 3 is 2.29 bits per heavy atom. The van der Waals surface area contributed by atoms with Crippen LogP contribution in [0.2, 0.25) is 0 Å². The molecule has 0 aromatic heterocycles. The number of allylic oxidation sites excluding steroid dienone is 4. The first-order valence-corrected chi connectivity index (χ1v) is 15.0. The Labute approximate surface area is 241 Å². The van der Waals surface area contributed by atoms with Crippen LogP contribution in [-0.2, 0) is 14.4 Å². The maximum absolute atomic E-state index is 14.3. The van der Waals surface area contributed by atoms with Crippen molar-refractivity contribution in [1.29, 1.82) is 5.26 Å². The molecule has 0 aromatic carbocycles. The highest BCUT2D eigenvalue weighted by Crippen LogP contribution is 2.73. The largest absolute Gasteiger partial charge is 0.405 e. The van der Waals surface area contributed by atoms with Crippen LogP contribution in [0.25, 0.3) is 0 Å². The van der Waals surface area contributed by atoms with E-state index >= 15 is 0 Å². The first-order chi connectivity index (χ1) is 18.7. The second-order valence-corrected chi connectivity index (χ2v) is 15.7. The molecule has 3 saturated carbocycles. The van der Waals surface area contributed by atoms with E-state index in [9.17, 15) is 32.8 Å². The molecule has 0 heterocycles. The highest BCUT2D eigenvalue weighted by atomic mass is 19.4. The summed E-state index contributed by atoms with van der Waals surface area (Å²) in [6.45, 7) is 13.1. The molecule has 41 heavy (non-hydrogen) atoms. The van der Waals surface area contributed by atoms with Gasteiger partial charge in [0, 0.05) is 22.7 Å². The zero-order valence-electron chi connectivity index (χ0n) is 25.3. The van der Waals surface area contributed by atoms with E-state index in [1.807, 2.05) is 19.9 Å². The number of fused-ring (bicyclic) bond motifs is 7. The Morgan fingerprint density at radius 2 is 1.68 bits per heavy atom. The lowest BCUT2D eigenvalue weighted by atomic mass is 9.35. The number of halogens is 3. The minimum atomic E-state index is -4.48. The fraction of sp³-hybridized carbons (Fsp3) is 0.758. The number of hydrogen-bond donors (Lipinski definition) is 1. The Morgan fingerprint density at radius 1 is 1.02 bits per heavy atom. The van der Waals surface area contributed by atoms with Crippen LogP contribution in [0.3, 0.4) is 0 Å². The topological polar surface area (TPSA) is 87.0 Å². The van der Waals surface area contributed by atoms with Crippen molar-refractivity contribution in [1.82, 2.24) is 5.32 Å². The smallest absolute Gasteiger partial charge is 0.347 e. The first kappa shape index (κ1) is 30.0. The van der Waals surface area contributed by atoms with E-state index in [4.69, 9.17) is 0 Å². The normalized spacial score (nSPS) is 42.8. The van der Waals surface area contributed by atoms with Gasteiger partial charge in [0.25, 0.3) is 0 Å². The van der Waals surface area contributed by atoms with Crippen molar-refractivity contribution in [2.45, 2.75) is 93.2 Å². The predicted molar refractivity (Wildman–Crippen MR) is 148 cm³/mol. The zero-order valence-corrected chi connectivity index (χ0v) is 25.3. The molecule has 0 aliphatic heterocycles. The molecule has 1 amide bonds. The molecule has 0 radical (unpaired) electrons.